The Balaban J connectivity index is 2.31. The summed E-state index contributed by atoms with van der Waals surface area (Å²) in [6, 6.07) is 3.01. The van der Waals surface area contributed by atoms with E-state index in [0.717, 1.165) is 31.7 Å². The van der Waals surface area contributed by atoms with Crippen LogP contribution in [0.4, 0.5) is 8.78 Å². The Kier molecular flexibility index (Phi) is 5.11. The molecule has 2 rings (SSSR count). The first-order chi connectivity index (χ1) is 9.57. The van der Waals surface area contributed by atoms with Crippen LogP contribution < -0.4 is 5.73 Å². The summed E-state index contributed by atoms with van der Waals surface area (Å²) < 4.78 is 32.8. The maximum Gasteiger partial charge on any atom is 0.126 e. The maximum atomic E-state index is 13.4. The van der Waals surface area contributed by atoms with Crippen LogP contribution in [0, 0.1) is 11.6 Å². The van der Waals surface area contributed by atoms with Gasteiger partial charge in [-0.1, -0.05) is 25.7 Å². The maximum absolute atomic E-state index is 13.4. The summed E-state index contributed by atoms with van der Waals surface area (Å²) >= 11 is 0. The van der Waals surface area contributed by atoms with E-state index in [4.69, 9.17) is 10.5 Å². The summed E-state index contributed by atoms with van der Waals surface area (Å²) in [5, 5.41) is 0. The van der Waals surface area contributed by atoms with Gasteiger partial charge >= 0.3 is 0 Å². The number of ether oxygens (including phenoxy) is 1. The molecule has 0 aliphatic heterocycles. The number of nitrogens with two attached hydrogens (primary N) is 1. The standard InChI is InChI=1S/C16H23F2NO/c1-2-20-16(7-5-3-4-6-8-16)15(19)12-9-13(17)11-14(18)10-12/h9-11,15H,2-8,19H2,1H3. The van der Waals surface area contributed by atoms with Crippen molar-refractivity contribution in [3.05, 3.63) is 35.4 Å². The van der Waals surface area contributed by atoms with Gasteiger partial charge in [0.1, 0.15) is 11.6 Å². The highest BCUT2D eigenvalue weighted by atomic mass is 19.1. The molecule has 20 heavy (non-hydrogen) atoms. The first kappa shape index (κ1) is 15.4. The van der Waals surface area contributed by atoms with Gasteiger partial charge in [-0.25, -0.2) is 8.78 Å². The van der Waals surface area contributed by atoms with Crippen molar-refractivity contribution < 1.29 is 13.5 Å². The van der Waals surface area contributed by atoms with Gasteiger partial charge in [0.05, 0.1) is 11.6 Å². The van der Waals surface area contributed by atoms with Crippen LogP contribution in [0.5, 0.6) is 0 Å². The van der Waals surface area contributed by atoms with Crippen molar-refractivity contribution in [2.24, 2.45) is 5.73 Å². The second kappa shape index (κ2) is 6.64. The molecule has 1 aromatic rings. The van der Waals surface area contributed by atoms with Crippen LogP contribution in [0.25, 0.3) is 0 Å². The molecule has 0 radical (unpaired) electrons. The minimum Gasteiger partial charge on any atom is -0.373 e. The first-order valence-electron chi connectivity index (χ1n) is 7.43. The number of rotatable bonds is 4. The molecule has 0 bridgehead atoms. The molecule has 1 aliphatic rings. The van der Waals surface area contributed by atoms with Crippen LogP contribution >= 0.6 is 0 Å². The minimum absolute atomic E-state index is 0.484. The van der Waals surface area contributed by atoms with Gasteiger partial charge in [-0.05, 0) is 37.5 Å². The highest BCUT2D eigenvalue weighted by Crippen LogP contribution is 2.39. The third-order valence-electron chi connectivity index (χ3n) is 4.19. The molecular weight excluding hydrogens is 260 g/mol. The number of halogens is 2. The zero-order chi connectivity index (χ0) is 14.6. The molecular formula is C16H23F2NO. The van der Waals surface area contributed by atoms with Crippen molar-refractivity contribution >= 4 is 0 Å². The SMILES string of the molecule is CCOC1(C(N)c2cc(F)cc(F)c2)CCCCCC1. The number of hydrogen-bond acceptors (Lipinski definition) is 2. The summed E-state index contributed by atoms with van der Waals surface area (Å²) in [6.45, 7) is 2.50. The summed E-state index contributed by atoms with van der Waals surface area (Å²) in [4.78, 5) is 0. The zero-order valence-corrected chi connectivity index (χ0v) is 12.0. The van der Waals surface area contributed by atoms with Gasteiger partial charge in [-0.3, -0.25) is 0 Å². The van der Waals surface area contributed by atoms with Gasteiger partial charge in [0.25, 0.3) is 0 Å². The quantitative estimate of drug-likeness (QED) is 0.845. The van der Waals surface area contributed by atoms with E-state index in [9.17, 15) is 8.78 Å². The van der Waals surface area contributed by atoms with Gasteiger partial charge in [0, 0.05) is 12.7 Å². The van der Waals surface area contributed by atoms with Crippen LogP contribution in [0.1, 0.15) is 57.1 Å². The summed E-state index contributed by atoms with van der Waals surface area (Å²) in [6.07, 6.45) is 6.12. The van der Waals surface area contributed by atoms with Gasteiger partial charge in [-0.2, -0.15) is 0 Å². The summed E-state index contributed by atoms with van der Waals surface area (Å²) in [5.74, 6) is -1.17. The lowest BCUT2D eigenvalue weighted by molar-refractivity contribution is -0.0696. The van der Waals surface area contributed by atoms with Crippen molar-refractivity contribution in [2.75, 3.05) is 6.61 Å². The van der Waals surface area contributed by atoms with Crippen molar-refractivity contribution in [3.8, 4) is 0 Å². The molecule has 0 aromatic heterocycles. The van der Waals surface area contributed by atoms with Gasteiger partial charge in [-0.15, -0.1) is 0 Å². The lowest BCUT2D eigenvalue weighted by Gasteiger charge is -2.38. The fourth-order valence-electron chi connectivity index (χ4n) is 3.22. The van der Waals surface area contributed by atoms with Crippen molar-refractivity contribution in [3.63, 3.8) is 0 Å². The van der Waals surface area contributed by atoms with E-state index in [-0.39, 0.29) is 0 Å². The average molecular weight is 283 g/mol. The van der Waals surface area contributed by atoms with E-state index in [1.165, 1.54) is 25.0 Å². The highest BCUT2D eigenvalue weighted by molar-refractivity contribution is 5.24. The molecule has 2 nitrogen and oxygen atoms in total. The smallest absolute Gasteiger partial charge is 0.126 e. The predicted molar refractivity (Wildman–Crippen MR) is 75.3 cm³/mol. The Morgan fingerprint density at radius 1 is 1.10 bits per heavy atom. The normalized spacial score (nSPS) is 20.4. The monoisotopic (exact) mass is 283 g/mol. The lowest BCUT2D eigenvalue weighted by atomic mass is 9.82. The van der Waals surface area contributed by atoms with E-state index >= 15 is 0 Å². The van der Waals surface area contributed by atoms with E-state index in [1.807, 2.05) is 6.92 Å². The molecule has 1 atom stereocenters. The topological polar surface area (TPSA) is 35.2 Å². The van der Waals surface area contributed by atoms with Crippen LogP contribution in [-0.4, -0.2) is 12.2 Å². The molecule has 0 heterocycles. The largest absolute Gasteiger partial charge is 0.373 e. The highest BCUT2D eigenvalue weighted by Gasteiger charge is 2.38. The number of hydrogen-bond donors (Lipinski definition) is 1. The lowest BCUT2D eigenvalue weighted by Crippen LogP contribution is -2.43. The molecule has 1 fully saturated rings. The Labute approximate surface area is 119 Å². The predicted octanol–water partition coefficient (Wildman–Crippen LogP) is 4.09. The first-order valence-corrected chi connectivity index (χ1v) is 7.43. The van der Waals surface area contributed by atoms with Gasteiger partial charge in [0.15, 0.2) is 0 Å². The van der Waals surface area contributed by atoms with Crippen LogP contribution in [-0.2, 0) is 4.74 Å². The molecule has 1 aromatic carbocycles. The molecule has 4 heteroatoms. The Hall–Kier alpha value is -1.00. The van der Waals surface area contributed by atoms with E-state index in [0.29, 0.717) is 12.2 Å². The minimum atomic E-state index is -0.587. The van der Waals surface area contributed by atoms with E-state index < -0.39 is 23.3 Å². The van der Waals surface area contributed by atoms with Crippen LogP contribution in [0.2, 0.25) is 0 Å². The van der Waals surface area contributed by atoms with Gasteiger partial charge in [0.2, 0.25) is 0 Å². The van der Waals surface area contributed by atoms with Crippen molar-refractivity contribution in [1.82, 2.24) is 0 Å². The molecule has 1 unspecified atom stereocenters. The van der Waals surface area contributed by atoms with Crippen LogP contribution in [0.3, 0.4) is 0 Å². The second-order valence-electron chi connectivity index (χ2n) is 5.59. The Bertz CT molecular complexity index is 422. The zero-order valence-electron chi connectivity index (χ0n) is 12.0. The van der Waals surface area contributed by atoms with E-state index in [1.54, 1.807) is 0 Å². The van der Waals surface area contributed by atoms with Crippen molar-refractivity contribution in [2.45, 2.75) is 57.1 Å². The third-order valence-corrected chi connectivity index (χ3v) is 4.19. The summed E-state index contributed by atoms with van der Waals surface area (Å²) in [5.41, 5.74) is 6.33. The Morgan fingerprint density at radius 3 is 2.15 bits per heavy atom. The Morgan fingerprint density at radius 2 is 1.65 bits per heavy atom. The van der Waals surface area contributed by atoms with Crippen LogP contribution in [0.15, 0.2) is 18.2 Å². The summed E-state index contributed by atoms with van der Waals surface area (Å²) in [7, 11) is 0. The average Bonchev–Trinajstić information content (AvgIpc) is 2.64. The third kappa shape index (κ3) is 3.36. The fourth-order valence-corrected chi connectivity index (χ4v) is 3.22. The number of benzene rings is 1. The second-order valence-corrected chi connectivity index (χ2v) is 5.59. The molecule has 2 N–H and O–H groups in total. The molecule has 0 amide bonds. The van der Waals surface area contributed by atoms with Gasteiger partial charge < -0.3 is 10.5 Å². The molecule has 0 spiro atoms. The van der Waals surface area contributed by atoms with E-state index in [2.05, 4.69) is 0 Å². The van der Waals surface area contributed by atoms with Crippen molar-refractivity contribution in [1.29, 1.82) is 0 Å². The molecule has 112 valence electrons. The fraction of sp³-hybridized carbons (Fsp3) is 0.625. The molecule has 1 aliphatic carbocycles. The molecule has 1 saturated carbocycles. The molecule has 0 saturated heterocycles.